The number of Topliss-reactive ketones (excluding diaryl/α,β-unsaturated/α-hetero) is 2. The van der Waals surface area contributed by atoms with Crippen LogP contribution in [0.1, 0.15) is 139 Å². The smallest absolute Gasteiger partial charge is 0.410 e. The quantitative estimate of drug-likeness (QED) is 0.0331. The van der Waals surface area contributed by atoms with E-state index in [4.69, 9.17) is 10.8 Å². The van der Waals surface area contributed by atoms with Gasteiger partial charge in [0.1, 0.15) is 11.2 Å². The van der Waals surface area contributed by atoms with Gasteiger partial charge in [0.05, 0.1) is 19.2 Å². The minimum atomic E-state index is -0.787. The predicted molar refractivity (Wildman–Crippen MR) is 386 cm³/mol. The van der Waals surface area contributed by atoms with Crippen molar-refractivity contribution < 1.29 is 35.1 Å². The number of nitrogens with zero attached hydrogens (tertiary/aromatic N) is 5. The molecule has 4 N–H and O–H groups in total. The van der Waals surface area contributed by atoms with E-state index in [9.17, 15) is 24.3 Å². The van der Waals surface area contributed by atoms with Crippen LogP contribution in [0.3, 0.4) is 0 Å². The molecule has 0 saturated carbocycles. The van der Waals surface area contributed by atoms with Crippen molar-refractivity contribution in [3.8, 4) is 0 Å². The maximum atomic E-state index is 12.8. The van der Waals surface area contributed by atoms with E-state index in [1.54, 1.807) is 29.4 Å². The Labute approximate surface area is 561 Å². The first kappa shape index (κ1) is 75.7. The molecule has 15 nitrogen and oxygen atoms in total. The minimum absolute atomic E-state index is 0. The molecular formula is C76H98ClN8O7P. The number of halogens is 1. The number of carbonyl (C=O) groups is 4. The summed E-state index contributed by atoms with van der Waals surface area (Å²) in [5.74, 6) is 0.114. The minimum Gasteiger partial charge on any atom is -0.444 e. The van der Waals surface area contributed by atoms with E-state index in [1.165, 1.54) is 21.2 Å². The third kappa shape index (κ3) is 27.6. The van der Waals surface area contributed by atoms with Gasteiger partial charge in [0.2, 0.25) is 0 Å². The fourth-order valence-corrected chi connectivity index (χ4v) is 9.79. The van der Waals surface area contributed by atoms with Crippen LogP contribution in [0.15, 0.2) is 201 Å². The third-order valence-electron chi connectivity index (χ3n) is 14.5. The zero-order valence-corrected chi connectivity index (χ0v) is 56.7. The lowest BCUT2D eigenvalue weighted by atomic mass is 10.0. The van der Waals surface area contributed by atoms with Gasteiger partial charge >= 0.3 is 12.2 Å². The van der Waals surface area contributed by atoms with E-state index in [1.807, 2.05) is 177 Å². The lowest BCUT2D eigenvalue weighted by molar-refractivity contribution is 0.0126. The van der Waals surface area contributed by atoms with Gasteiger partial charge in [-0.1, -0.05) is 141 Å². The number of carbonyl (C=O) groups excluding carboxylic acids is 4. The Morgan fingerprint density at radius 1 is 0.516 bits per heavy atom. The zero-order valence-electron chi connectivity index (χ0n) is 55.8. The van der Waals surface area contributed by atoms with Crippen molar-refractivity contribution in [3.63, 3.8) is 0 Å². The van der Waals surface area contributed by atoms with Gasteiger partial charge in [0, 0.05) is 123 Å². The topological polar surface area (TPSA) is 188 Å². The van der Waals surface area contributed by atoms with Crippen LogP contribution < -0.4 is 16.0 Å². The summed E-state index contributed by atoms with van der Waals surface area (Å²) in [4.78, 5) is 66.0. The summed E-state index contributed by atoms with van der Waals surface area (Å²) in [7, 11) is 2.25. The van der Waals surface area contributed by atoms with Crippen LogP contribution in [0, 0.1) is 0 Å². The van der Waals surface area contributed by atoms with Gasteiger partial charge in [-0.2, -0.15) is 0 Å². The molecule has 0 spiro atoms. The summed E-state index contributed by atoms with van der Waals surface area (Å²) in [6, 6.07) is 53.3. The maximum Gasteiger partial charge on any atom is 0.410 e. The summed E-state index contributed by atoms with van der Waals surface area (Å²) < 4.78 is 17.3. The van der Waals surface area contributed by atoms with E-state index in [-0.39, 0.29) is 56.6 Å². The summed E-state index contributed by atoms with van der Waals surface area (Å²) in [5, 5.41) is 28.0. The Hall–Kier alpha value is -8.01. The van der Waals surface area contributed by atoms with Gasteiger partial charge in [-0.3, -0.25) is 29.4 Å². The number of pyridine rings is 3. The summed E-state index contributed by atoms with van der Waals surface area (Å²) >= 11 is 0. The first-order valence-corrected chi connectivity index (χ1v) is 31.9. The first-order chi connectivity index (χ1) is 44.1. The van der Waals surface area contributed by atoms with Crippen molar-refractivity contribution in [2.45, 2.75) is 144 Å². The summed E-state index contributed by atoms with van der Waals surface area (Å²) in [6.45, 7) is 20.6. The van der Waals surface area contributed by atoms with E-state index in [0.29, 0.717) is 50.8 Å². The van der Waals surface area contributed by atoms with Crippen LogP contribution in [-0.2, 0) is 29.1 Å². The first-order valence-electron chi connectivity index (χ1n) is 31.8. The molecule has 0 fully saturated rings. The normalized spacial score (nSPS) is 12.4. The third-order valence-corrected chi connectivity index (χ3v) is 14.5. The molecule has 496 valence electrons. The van der Waals surface area contributed by atoms with Gasteiger partial charge in [-0.05, 0) is 150 Å². The number of aliphatic hydroxyl groups excluding tert-OH is 1. The molecule has 0 aliphatic heterocycles. The van der Waals surface area contributed by atoms with Gasteiger partial charge in [-0.25, -0.2) is 9.59 Å². The highest BCUT2D eigenvalue weighted by atomic mass is 35.5. The van der Waals surface area contributed by atoms with Crippen molar-refractivity contribution >= 4 is 77.7 Å². The number of ether oxygens (including phenoxy) is 2. The molecule has 1 unspecified atom stereocenters. The average Bonchev–Trinajstić information content (AvgIpc) is 0.980. The standard InChI is InChI=1S/C26H33N3O3.C26H31N3O3.C22H24N2O.CH5P.CH4.ClH/c2*1-19(28-15-20-10-11-23-16-27-13-12-22(23)14-20)17-29(25(31)32-26(2,3)4)18-24(30)21-8-6-5-7-9-21;1-17(6-5-9-22(25)19-7-3-2-4-8-19)24-15-18-10-11-21-16-23-13-12-20(21)14-18;1-2;;/h5-14,16,19,24,28,30H,15,17-18H2,1-4H3;5-14,16,19,28H,15,17-18H2,1-4H3;2-4,7-8,10-14,16-17,24H,5-6,9,15H2,1H3;2H2,1H3;1H4;1H/t19-,24-;19-;17-;;;/m111.../s1/i;;;1D;;. The number of nitrogens with one attached hydrogen (secondary N) is 3. The average molecular weight is 1300 g/mol. The Bertz CT molecular complexity index is 3710. The second-order valence-electron chi connectivity index (χ2n) is 24.7. The van der Waals surface area contributed by atoms with Gasteiger partial charge < -0.3 is 35.4 Å². The Balaban J connectivity index is 0.000000293. The molecule has 17 heteroatoms. The highest BCUT2D eigenvalue weighted by Crippen LogP contribution is 2.21. The monoisotopic (exact) mass is 1300 g/mol. The SMILES string of the molecule is C.C[C@H](CCCC(=O)c1ccccc1)NCc1ccc2cnccc2c1.C[C@H](CN(CC(=O)c1ccccc1)C(=O)OC(C)(C)C)NCc1ccc2cnccc2c1.C[C@H](CN(C[C@@H](O)c1ccccc1)C(=O)OC(C)(C)C)NCc1ccc2cnccc2c1.Cl.[2H]CP. The van der Waals surface area contributed by atoms with Crippen LogP contribution in [0.5, 0.6) is 0 Å². The van der Waals surface area contributed by atoms with Crippen LogP contribution in [0.2, 0.25) is 0 Å². The van der Waals surface area contributed by atoms with Crippen molar-refractivity contribution in [1.82, 2.24) is 40.7 Å². The van der Waals surface area contributed by atoms with Crippen molar-refractivity contribution in [2.24, 2.45) is 0 Å². The zero-order chi connectivity index (χ0) is 66.5. The molecule has 93 heavy (non-hydrogen) atoms. The molecule has 0 radical (unpaired) electrons. The largest absolute Gasteiger partial charge is 0.444 e. The van der Waals surface area contributed by atoms with E-state index >= 15 is 0 Å². The lowest BCUT2D eigenvalue weighted by Crippen LogP contribution is -2.46. The molecule has 0 saturated heterocycles. The van der Waals surface area contributed by atoms with Gasteiger partial charge in [-0.15, -0.1) is 21.6 Å². The molecule has 6 aromatic carbocycles. The molecular weight excluding hydrogens is 1200 g/mol. The number of benzene rings is 6. The fourth-order valence-electron chi connectivity index (χ4n) is 9.79. The molecule has 0 aliphatic rings. The van der Waals surface area contributed by atoms with E-state index < -0.39 is 29.5 Å². The highest BCUT2D eigenvalue weighted by Gasteiger charge is 2.28. The number of fused-ring (bicyclic) bond motifs is 3. The molecule has 0 aliphatic carbocycles. The summed E-state index contributed by atoms with van der Waals surface area (Å²) in [5.41, 5.74) is 4.48. The molecule has 2 amide bonds. The van der Waals surface area contributed by atoms with Crippen LogP contribution in [-0.4, -0.2) is 116 Å². The highest BCUT2D eigenvalue weighted by molar-refractivity contribution is 7.15. The van der Waals surface area contributed by atoms with E-state index in [0.717, 1.165) is 63.2 Å². The van der Waals surface area contributed by atoms with Crippen LogP contribution in [0.4, 0.5) is 9.59 Å². The summed E-state index contributed by atoms with van der Waals surface area (Å²) in [6.07, 6.45) is 11.8. The van der Waals surface area contributed by atoms with Gasteiger partial charge in [0.15, 0.2) is 11.6 Å². The molecule has 5 atom stereocenters. The molecule has 9 aromatic rings. The van der Waals surface area contributed by atoms with E-state index in [2.05, 4.69) is 102 Å². The second-order valence-corrected chi connectivity index (χ2v) is 24.7. The number of amides is 2. The van der Waals surface area contributed by atoms with Crippen molar-refractivity contribution in [2.75, 3.05) is 32.8 Å². The van der Waals surface area contributed by atoms with Crippen LogP contribution in [0.25, 0.3) is 32.3 Å². The number of aromatic nitrogens is 3. The fraction of sp³-hybridized carbons (Fsp3) is 0.355. The van der Waals surface area contributed by atoms with Gasteiger partial charge in [0.25, 0.3) is 0 Å². The second kappa shape index (κ2) is 39.5. The Kier molecular flexibility index (Phi) is 32.2. The number of aliphatic hydroxyl groups is 1. The number of rotatable bonds is 24. The Morgan fingerprint density at radius 3 is 1.29 bits per heavy atom. The molecule has 3 aromatic heterocycles. The maximum absolute atomic E-state index is 12.8. The molecule has 0 bridgehead atoms. The predicted octanol–water partition coefficient (Wildman–Crippen LogP) is 15.8. The number of hydrogen-bond acceptors (Lipinski definition) is 13. The number of hydrogen-bond donors (Lipinski definition) is 4. The van der Waals surface area contributed by atoms with Crippen molar-refractivity contribution in [3.05, 3.63) is 234 Å². The van der Waals surface area contributed by atoms with Crippen molar-refractivity contribution in [1.29, 1.82) is 0 Å². The van der Waals surface area contributed by atoms with Crippen LogP contribution >= 0.6 is 21.6 Å². The number of ketones is 2. The Morgan fingerprint density at radius 2 is 0.882 bits per heavy atom. The lowest BCUT2D eigenvalue weighted by Gasteiger charge is -2.31. The molecule has 3 heterocycles. The molecule has 9 rings (SSSR count).